The molecule has 2 aliphatic heterocycles. The fourth-order valence-electron chi connectivity index (χ4n) is 4.63. The number of hydrogen-bond acceptors (Lipinski definition) is 6. The molecule has 30 heavy (non-hydrogen) atoms. The molecule has 4 aromatic rings. The van der Waals surface area contributed by atoms with Gasteiger partial charge in [-0.1, -0.05) is 29.7 Å². The van der Waals surface area contributed by atoms with Crippen LogP contribution in [-0.4, -0.2) is 44.1 Å². The van der Waals surface area contributed by atoms with Gasteiger partial charge in [0, 0.05) is 37.7 Å². The zero-order valence-electron chi connectivity index (χ0n) is 16.4. The Balaban J connectivity index is 1.67. The molecule has 0 amide bonds. The first-order valence-electron chi connectivity index (χ1n) is 10.2. The van der Waals surface area contributed by atoms with Crippen LogP contribution in [0.25, 0.3) is 32.4 Å². The zero-order chi connectivity index (χ0) is 20.4. The molecule has 152 valence electrons. The molecule has 3 atom stereocenters. The molecule has 1 unspecified atom stereocenters. The third-order valence-electron chi connectivity index (χ3n) is 6.16. The molecule has 1 saturated heterocycles. The molecule has 0 radical (unpaired) electrons. The molecule has 6 bridgehead atoms. The topological polar surface area (TPSA) is 80.2 Å². The molecule has 1 N–H and O–H groups in total. The number of fused-ring (bicyclic) bond motifs is 5. The molecular formula is C22H20N4O3S. The van der Waals surface area contributed by atoms with Gasteiger partial charge < -0.3 is 9.72 Å². The minimum Gasteiger partial charge on any atom is -0.487 e. The van der Waals surface area contributed by atoms with Gasteiger partial charge in [-0.15, -0.1) is 0 Å². The van der Waals surface area contributed by atoms with Gasteiger partial charge in [0.15, 0.2) is 0 Å². The number of aromatic amines is 1. The zero-order valence-corrected chi connectivity index (χ0v) is 17.2. The van der Waals surface area contributed by atoms with E-state index in [0.717, 1.165) is 24.2 Å². The largest absolute Gasteiger partial charge is 0.487 e. The van der Waals surface area contributed by atoms with Crippen molar-refractivity contribution in [3.63, 3.8) is 0 Å². The minimum atomic E-state index is -0.271. The fourth-order valence-corrected chi connectivity index (χ4v) is 5.72. The van der Waals surface area contributed by atoms with Crippen LogP contribution in [0.3, 0.4) is 0 Å². The Hall–Kier alpha value is -2.97. The first-order chi connectivity index (χ1) is 14.6. The Kier molecular flexibility index (Phi) is 3.88. The summed E-state index contributed by atoms with van der Waals surface area (Å²) in [6.07, 6.45) is 0.959. The van der Waals surface area contributed by atoms with Crippen molar-refractivity contribution < 1.29 is 4.74 Å². The lowest BCUT2D eigenvalue weighted by Crippen LogP contribution is -2.33. The van der Waals surface area contributed by atoms with Crippen molar-refractivity contribution in [3.8, 4) is 17.0 Å². The Morgan fingerprint density at radius 1 is 1.17 bits per heavy atom. The van der Waals surface area contributed by atoms with Gasteiger partial charge in [0.25, 0.3) is 11.1 Å². The third kappa shape index (κ3) is 2.64. The van der Waals surface area contributed by atoms with Gasteiger partial charge in [-0.05, 0) is 25.1 Å². The van der Waals surface area contributed by atoms with Crippen molar-refractivity contribution in [2.45, 2.75) is 32.0 Å². The SMILES string of the molecule is C[C@@H]1C[C@H]2CN1CCn1sc3c(cccc3c1=O)-c1nc3c(cccc3[nH]c1=O)O2. The molecule has 2 aromatic heterocycles. The molecule has 0 aliphatic carbocycles. The number of ether oxygens (including phenoxy) is 1. The van der Waals surface area contributed by atoms with E-state index >= 15 is 0 Å². The molecule has 0 spiro atoms. The van der Waals surface area contributed by atoms with Crippen LogP contribution < -0.4 is 15.9 Å². The standard InChI is InChI=1S/C22H20N4O3S/c1-12-10-13-11-25(12)8-9-26-22(28)15-5-2-4-14(20(15)30-26)18-21(27)23-16-6-3-7-17(29-13)19(16)24-18/h2-7,12-13H,8-11H2,1H3,(H,23,27)/t12-,13+/m1/s1. The number of nitrogens with zero attached hydrogens (tertiary/aromatic N) is 3. The van der Waals surface area contributed by atoms with Crippen LogP contribution in [-0.2, 0) is 6.54 Å². The highest BCUT2D eigenvalue weighted by Crippen LogP contribution is 2.32. The van der Waals surface area contributed by atoms with E-state index in [1.165, 1.54) is 11.5 Å². The smallest absolute Gasteiger partial charge is 0.275 e. The number of aromatic nitrogens is 3. The van der Waals surface area contributed by atoms with Gasteiger partial charge >= 0.3 is 0 Å². The second kappa shape index (κ2) is 6.52. The van der Waals surface area contributed by atoms with Gasteiger partial charge in [0.1, 0.15) is 23.1 Å². The van der Waals surface area contributed by atoms with Gasteiger partial charge in [-0.2, -0.15) is 0 Å². The summed E-state index contributed by atoms with van der Waals surface area (Å²) < 4.78 is 8.95. The summed E-state index contributed by atoms with van der Waals surface area (Å²) in [5.41, 5.74) is 2.00. The number of H-pyrrole nitrogens is 1. The molecule has 2 aromatic carbocycles. The summed E-state index contributed by atoms with van der Waals surface area (Å²) in [4.78, 5) is 36.0. The lowest BCUT2D eigenvalue weighted by molar-refractivity contribution is 0.197. The maximum atomic E-state index is 13.0. The number of hydrogen-bond donors (Lipinski definition) is 1. The Bertz CT molecular complexity index is 1420. The number of nitrogens with one attached hydrogen (secondary N) is 1. The Morgan fingerprint density at radius 2 is 2.03 bits per heavy atom. The van der Waals surface area contributed by atoms with Gasteiger partial charge in [0.2, 0.25) is 0 Å². The van der Waals surface area contributed by atoms with Gasteiger partial charge in [-0.25, -0.2) is 4.98 Å². The van der Waals surface area contributed by atoms with E-state index in [9.17, 15) is 9.59 Å². The number of para-hydroxylation sites is 1. The lowest BCUT2D eigenvalue weighted by atomic mass is 10.1. The van der Waals surface area contributed by atoms with Crippen LogP contribution in [0.1, 0.15) is 13.3 Å². The molecule has 0 saturated carbocycles. The van der Waals surface area contributed by atoms with Crippen molar-refractivity contribution in [1.29, 1.82) is 0 Å². The summed E-state index contributed by atoms with van der Waals surface area (Å²) in [5.74, 6) is 0.680. The second-order valence-corrected chi connectivity index (χ2v) is 9.10. The molecule has 2 aliphatic rings. The second-order valence-electron chi connectivity index (χ2n) is 8.07. The van der Waals surface area contributed by atoms with E-state index < -0.39 is 0 Å². The monoisotopic (exact) mass is 420 g/mol. The first kappa shape index (κ1) is 17.9. The summed E-state index contributed by atoms with van der Waals surface area (Å²) >= 11 is 1.41. The summed E-state index contributed by atoms with van der Waals surface area (Å²) in [5, 5.41) is 0.630. The molecular weight excluding hydrogens is 400 g/mol. The average molecular weight is 420 g/mol. The van der Waals surface area contributed by atoms with Crippen LogP contribution in [0.15, 0.2) is 46.0 Å². The molecule has 7 nitrogen and oxygen atoms in total. The van der Waals surface area contributed by atoms with E-state index in [2.05, 4.69) is 16.8 Å². The summed E-state index contributed by atoms with van der Waals surface area (Å²) in [7, 11) is 0. The fraction of sp³-hybridized carbons (Fsp3) is 0.318. The summed E-state index contributed by atoms with van der Waals surface area (Å²) in [6.45, 7) is 4.41. The van der Waals surface area contributed by atoms with Crippen molar-refractivity contribution >= 4 is 32.7 Å². The normalized spacial score (nSPS) is 23.2. The first-order valence-corrected chi connectivity index (χ1v) is 10.9. The van der Waals surface area contributed by atoms with E-state index in [-0.39, 0.29) is 17.2 Å². The Morgan fingerprint density at radius 3 is 2.93 bits per heavy atom. The molecule has 6 rings (SSSR count). The highest BCUT2D eigenvalue weighted by atomic mass is 32.1. The molecule has 4 heterocycles. The van der Waals surface area contributed by atoms with Crippen LogP contribution in [0.2, 0.25) is 0 Å². The van der Waals surface area contributed by atoms with Crippen molar-refractivity contribution in [2.75, 3.05) is 13.1 Å². The highest BCUT2D eigenvalue weighted by Gasteiger charge is 2.31. The van der Waals surface area contributed by atoms with Crippen LogP contribution in [0.5, 0.6) is 5.75 Å². The predicted octanol–water partition coefficient (Wildman–Crippen LogP) is 2.82. The Labute approximate surface area is 175 Å². The quantitative estimate of drug-likeness (QED) is 0.473. The van der Waals surface area contributed by atoms with Crippen molar-refractivity contribution in [3.05, 3.63) is 57.1 Å². The van der Waals surface area contributed by atoms with E-state index in [1.54, 1.807) is 3.96 Å². The van der Waals surface area contributed by atoms with E-state index in [0.29, 0.717) is 46.0 Å². The van der Waals surface area contributed by atoms with E-state index in [4.69, 9.17) is 9.72 Å². The van der Waals surface area contributed by atoms with Crippen molar-refractivity contribution in [1.82, 2.24) is 18.8 Å². The van der Waals surface area contributed by atoms with Crippen molar-refractivity contribution in [2.24, 2.45) is 0 Å². The highest BCUT2D eigenvalue weighted by molar-refractivity contribution is 7.14. The summed E-state index contributed by atoms with van der Waals surface area (Å²) in [6, 6.07) is 11.5. The third-order valence-corrected chi connectivity index (χ3v) is 7.36. The maximum absolute atomic E-state index is 13.0. The minimum absolute atomic E-state index is 0.00993. The van der Waals surface area contributed by atoms with Gasteiger partial charge in [-0.3, -0.25) is 18.4 Å². The predicted molar refractivity (Wildman–Crippen MR) is 118 cm³/mol. The average Bonchev–Trinajstić information content (AvgIpc) is 3.25. The lowest BCUT2D eigenvalue weighted by Gasteiger charge is -2.20. The number of benzene rings is 2. The number of rotatable bonds is 0. The van der Waals surface area contributed by atoms with Crippen LogP contribution in [0, 0.1) is 0 Å². The maximum Gasteiger partial charge on any atom is 0.275 e. The molecule has 8 heteroatoms. The van der Waals surface area contributed by atoms with E-state index in [1.807, 2.05) is 36.4 Å². The molecule has 1 fully saturated rings. The van der Waals surface area contributed by atoms with Gasteiger partial charge in [0.05, 0.1) is 15.6 Å². The van der Waals surface area contributed by atoms with Crippen LogP contribution in [0.4, 0.5) is 0 Å². The van der Waals surface area contributed by atoms with Crippen LogP contribution >= 0.6 is 11.5 Å².